The summed E-state index contributed by atoms with van der Waals surface area (Å²) in [5, 5.41) is 7.80. The van der Waals surface area contributed by atoms with Crippen LogP contribution in [-0.4, -0.2) is 35.0 Å². The van der Waals surface area contributed by atoms with Crippen LogP contribution in [0.1, 0.15) is 11.3 Å². The van der Waals surface area contributed by atoms with Crippen molar-refractivity contribution in [2.45, 2.75) is 6.54 Å². The van der Waals surface area contributed by atoms with E-state index in [0.29, 0.717) is 12.5 Å². The quantitative estimate of drug-likeness (QED) is 0.674. The fourth-order valence-electron chi connectivity index (χ4n) is 1.96. The van der Waals surface area contributed by atoms with E-state index in [9.17, 15) is 4.79 Å². The van der Waals surface area contributed by atoms with Crippen LogP contribution >= 0.6 is 22.7 Å². The molecule has 1 amide bonds. The lowest BCUT2D eigenvalue weighted by molar-refractivity contribution is -0.116. The normalized spacial score (nSPS) is 11.0. The molecule has 8 heteroatoms. The Bertz CT molecular complexity index is 854. The van der Waals surface area contributed by atoms with Gasteiger partial charge in [-0.3, -0.25) is 4.79 Å². The van der Waals surface area contributed by atoms with Gasteiger partial charge in [0.1, 0.15) is 5.01 Å². The Morgan fingerprint density at radius 2 is 2.08 bits per heavy atom. The van der Waals surface area contributed by atoms with Gasteiger partial charge < -0.3 is 10.2 Å². The summed E-state index contributed by atoms with van der Waals surface area (Å²) in [6.45, 7) is 0.404. The number of aromatic nitrogens is 3. The molecule has 0 saturated heterocycles. The van der Waals surface area contributed by atoms with Gasteiger partial charge in [0, 0.05) is 43.5 Å². The molecule has 3 rings (SSSR count). The molecule has 0 unspecified atom stereocenters. The zero-order chi connectivity index (χ0) is 17.6. The molecule has 1 N–H and O–H groups in total. The number of thiazole rings is 1. The maximum atomic E-state index is 11.9. The number of nitrogens with one attached hydrogen (secondary N) is 1. The second kappa shape index (κ2) is 8.00. The van der Waals surface area contributed by atoms with Crippen molar-refractivity contribution in [2.75, 3.05) is 19.0 Å². The van der Waals surface area contributed by atoms with Crippen molar-refractivity contribution in [1.29, 1.82) is 0 Å². The lowest BCUT2D eigenvalue weighted by Gasteiger charge is -2.08. The zero-order valence-electron chi connectivity index (χ0n) is 13.8. The van der Waals surface area contributed by atoms with E-state index in [1.54, 1.807) is 41.1 Å². The number of thiophene rings is 1. The first-order chi connectivity index (χ1) is 12.1. The third-order valence-electron chi connectivity index (χ3n) is 3.21. The Hall–Kier alpha value is -2.58. The van der Waals surface area contributed by atoms with Gasteiger partial charge in [-0.25, -0.2) is 15.0 Å². The number of carbonyl (C=O) groups is 1. The van der Waals surface area contributed by atoms with Gasteiger partial charge in [0.05, 0.1) is 17.1 Å². The van der Waals surface area contributed by atoms with Gasteiger partial charge in [0.2, 0.25) is 11.9 Å². The third-order valence-corrected chi connectivity index (χ3v) is 5.14. The number of anilines is 1. The van der Waals surface area contributed by atoms with E-state index < -0.39 is 0 Å². The van der Waals surface area contributed by atoms with Crippen LogP contribution < -0.4 is 10.2 Å². The molecular formula is C17H17N5OS2. The number of hydrogen-bond acceptors (Lipinski definition) is 7. The van der Waals surface area contributed by atoms with E-state index >= 15 is 0 Å². The van der Waals surface area contributed by atoms with Crippen LogP contribution in [0.3, 0.4) is 0 Å². The summed E-state index contributed by atoms with van der Waals surface area (Å²) in [4.78, 5) is 27.8. The summed E-state index contributed by atoms with van der Waals surface area (Å²) in [6.07, 6.45) is 6.52. The predicted octanol–water partition coefficient (Wildman–Crippen LogP) is 3.06. The Morgan fingerprint density at radius 1 is 1.28 bits per heavy atom. The minimum atomic E-state index is -0.178. The number of amides is 1. The second-order valence-corrected chi connectivity index (χ2v) is 7.19. The van der Waals surface area contributed by atoms with E-state index in [1.165, 1.54) is 6.08 Å². The highest BCUT2D eigenvalue weighted by atomic mass is 32.1. The van der Waals surface area contributed by atoms with Crippen LogP contribution in [0.2, 0.25) is 0 Å². The van der Waals surface area contributed by atoms with Crippen LogP contribution in [0.15, 0.2) is 41.4 Å². The Kier molecular flexibility index (Phi) is 5.52. The SMILES string of the molecule is CN(C)c1ncc(/C=C/C(=O)NCc2csc(-c3cccs3)n2)cn1. The molecule has 0 saturated carbocycles. The van der Waals surface area contributed by atoms with Gasteiger partial charge >= 0.3 is 0 Å². The molecule has 3 aromatic heterocycles. The van der Waals surface area contributed by atoms with Crippen LogP contribution in [0.4, 0.5) is 5.95 Å². The predicted molar refractivity (Wildman–Crippen MR) is 103 cm³/mol. The molecule has 0 aromatic carbocycles. The van der Waals surface area contributed by atoms with Crippen molar-refractivity contribution >= 4 is 40.6 Å². The molecule has 0 aliphatic rings. The standard InChI is InChI=1S/C17H17N5OS2/c1-22(2)17-19-8-12(9-20-17)5-6-15(23)18-10-13-11-25-16(21-13)14-4-3-7-24-14/h3-9,11H,10H2,1-2H3,(H,18,23)/b6-5+. The molecule has 25 heavy (non-hydrogen) atoms. The number of carbonyl (C=O) groups excluding carboxylic acids is 1. The molecule has 0 bridgehead atoms. The van der Waals surface area contributed by atoms with Crippen LogP contribution in [-0.2, 0) is 11.3 Å². The lowest BCUT2D eigenvalue weighted by atomic mass is 10.3. The van der Waals surface area contributed by atoms with Gasteiger partial charge in [0.15, 0.2) is 0 Å². The maximum Gasteiger partial charge on any atom is 0.244 e. The number of nitrogens with zero attached hydrogens (tertiary/aromatic N) is 4. The molecule has 128 valence electrons. The van der Waals surface area contributed by atoms with E-state index in [-0.39, 0.29) is 5.91 Å². The summed E-state index contributed by atoms with van der Waals surface area (Å²) in [5.41, 5.74) is 1.63. The fraction of sp³-hybridized carbons (Fsp3) is 0.176. The largest absolute Gasteiger partial charge is 0.347 e. The van der Waals surface area contributed by atoms with E-state index in [1.807, 2.05) is 41.9 Å². The Balaban J connectivity index is 1.52. The monoisotopic (exact) mass is 371 g/mol. The highest BCUT2D eigenvalue weighted by molar-refractivity contribution is 7.20. The number of rotatable bonds is 6. The first-order valence-electron chi connectivity index (χ1n) is 7.55. The Labute approximate surface area is 153 Å². The van der Waals surface area contributed by atoms with E-state index in [0.717, 1.165) is 21.1 Å². The average Bonchev–Trinajstić information content (AvgIpc) is 3.29. The minimum Gasteiger partial charge on any atom is -0.347 e. The van der Waals surface area contributed by atoms with Crippen LogP contribution in [0.5, 0.6) is 0 Å². The van der Waals surface area contributed by atoms with Crippen molar-refractivity contribution in [3.63, 3.8) is 0 Å². The van der Waals surface area contributed by atoms with Crippen molar-refractivity contribution in [3.05, 3.63) is 52.6 Å². The summed E-state index contributed by atoms with van der Waals surface area (Å²) in [7, 11) is 3.75. The smallest absolute Gasteiger partial charge is 0.244 e. The molecule has 0 aliphatic carbocycles. The van der Waals surface area contributed by atoms with Gasteiger partial charge in [-0.2, -0.15) is 0 Å². The van der Waals surface area contributed by atoms with Crippen molar-refractivity contribution in [1.82, 2.24) is 20.3 Å². The van der Waals surface area contributed by atoms with Gasteiger partial charge in [-0.15, -0.1) is 22.7 Å². The van der Waals surface area contributed by atoms with Crippen molar-refractivity contribution < 1.29 is 4.79 Å². The number of hydrogen-bond donors (Lipinski definition) is 1. The molecular weight excluding hydrogens is 354 g/mol. The van der Waals surface area contributed by atoms with Crippen LogP contribution in [0.25, 0.3) is 16.0 Å². The van der Waals surface area contributed by atoms with E-state index in [2.05, 4.69) is 20.3 Å². The average molecular weight is 371 g/mol. The molecule has 3 heterocycles. The minimum absolute atomic E-state index is 0.178. The first-order valence-corrected chi connectivity index (χ1v) is 9.31. The van der Waals surface area contributed by atoms with Gasteiger partial charge in [-0.05, 0) is 17.5 Å². The zero-order valence-corrected chi connectivity index (χ0v) is 15.5. The lowest BCUT2D eigenvalue weighted by Crippen LogP contribution is -2.20. The summed E-state index contributed by atoms with van der Waals surface area (Å²) >= 11 is 3.24. The van der Waals surface area contributed by atoms with Gasteiger partial charge in [-0.1, -0.05) is 6.07 Å². The molecule has 0 fully saturated rings. The maximum absolute atomic E-state index is 11.9. The Morgan fingerprint density at radius 3 is 2.76 bits per heavy atom. The summed E-state index contributed by atoms with van der Waals surface area (Å²) in [6, 6.07) is 4.04. The van der Waals surface area contributed by atoms with Crippen molar-refractivity contribution in [3.8, 4) is 9.88 Å². The van der Waals surface area contributed by atoms with E-state index in [4.69, 9.17) is 0 Å². The molecule has 0 atom stereocenters. The fourth-order valence-corrected chi connectivity index (χ4v) is 3.59. The van der Waals surface area contributed by atoms with Crippen LogP contribution in [0, 0.1) is 0 Å². The molecule has 0 spiro atoms. The molecule has 6 nitrogen and oxygen atoms in total. The van der Waals surface area contributed by atoms with Crippen molar-refractivity contribution in [2.24, 2.45) is 0 Å². The first kappa shape index (κ1) is 17.2. The third kappa shape index (κ3) is 4.71. The summed E-state index contributed by atoms with van der Waals surface area (Å²) in [5.74, 6) is 0.453. The topological polar surface area (TPSA) is 71.0 Å². The second-order valence-electron chi connectivity index (χ2n) is 5.38. The summed E-state index contributed by atoms with van der Waals surface area (Å²) < 4.78 is 0. The highest BCUT2D eigenvalue weighted by Crippen LogP contribution is 2.27. The molecule has 3 aromatic rings. The molecule has 0 aliphatic heterocycles. The highest BCUT2D eigenvalue weighted by Gasteiger charge is 2.06. The van der Waals surface area contributed by atoms with Gasteiger partial charge in [0.25, 0.3) is 0 Å². The molecule has 0 radical (unpaired) electrons.